The Morgan fingerprint density at radius 2 is 1.69 bits per heavy atom. The summed E-state index contributed by atoms with van der Waals surface area (Å²) in [5, 5.41) is 3.16. The highest BCUT2D eigenvalue weighted by Crippen LogP contribution is 2.15. The molecule has 1 saturated heterocycles. The molecule has 0 aliphatic carbocycles. The van der Waals surface area contributed by atoms with E-state index < -0.39 is 0 Å². The first-order chi connectivity index (χ1) is 14.2. The minimum absolute atomic E-state index is 0.0429. The largest absolute Gasteiger partial charge is 0.335 e. The second kappa shape index (κ2) is 8.84. The Morgan fingerprint density at radius 3 is 2.41 bits per heavy atom. The van der Waals surface area contributed by atoms with Crippen molar-refractivity contribution in [3.63, 3.8) is 0 Å². The van der Waals surface area contributed by atoms with Crippen molar-refractivity contribution < 1.29 is 4.79 Å². The van der Waals surface area contributed by atoms with E-state index in [1.54, 1.807) is 12.3 Å². The molecule has 1 aromatic heterocycles. The predicted octanol–water partition coefficient (Wildman–Crippen LogP) is 3.49. The third kappa shape index (κ3) is 4.97. The van der Waals surface area contributed by atoms with Gasteiger partial charge in [0.15, 0.2) is 0 Å². The van der Waals surface area contributed by atoms with E-state index in [1.165, 1.54) is 11.1 Å². The van der Waals surface area contributed by atoms with Gasteiger partial charge in [-0.1, -0.05) is 48.0 Å². The first kappa shape index (κ1) is 19.1. The number of piperazine rings is 1. The number of benzene rings is 2. The average molecular weight is 387 g/mol. The summed E-state index contributed by atoms with van der Waals surface area (Å²) in [6.45, 7) is 6.09. The summed E-state index contributed by atoms with van der Waals surface area (Å²) in [6, 6.07) is 20.1. The maximum Gasteiger partial charge on any atom is 0.272 e. The highest BCUT2D eigenvalue weighted by atomic mass is 16.2. The molecule has 2 aromatic carbocycles. The van der Waals surface area contributed by atoms with Gasteiger partial charge in [-0.05, 0) is 30.7 Å². The van der Waals surface area contributed by atoms with Gasteiger partial charge in [0.25, 0.3) is 5.91 Å². The normalized spacial score (nSPS) is 14.6. The van der Waals surface area contributed by atoms with Gasteiger partial charge < -0.3 is 10.2 Å². The lowest BCUT2D eigenvalue weighted by Gasteiger charge is -2.34. The molecule has 1 aliphatic rings. The van der Waals surface area contributed by atoms with Gasteiger partial charge >= 0.3 is 0 Å². The lowest BCUT2D eigenvalue weighted by atomic mass is 10.2. The standard InChI is InChI=1S/C23H25N5O/c1-18-7-9-20(10-8-18)25-23-24-12-11-21(26-23)22(29)28-15-13-27(14-16-28)17-19-5-3-2-4-6-19/h2-12H,13-17H2,1H3,(H,24,25,26). The number of aryl methyl sites for hydroxylation is 1. The molecule has 2 heterocycles. The fourth-order valence-electron chi connectivity index (χ4n) is 3.42. The molecule has 6 heteroatoms. The Hall–Kier alpha value is -3.25. The van der Waals surface area contributed by atoms with Crippen molar-refractivity contribution in [3.8, 4) is 0 Å². The van der Waals surface area contributed by atoms with Crippen LogP contribution in [0.5, 0.6) is 0 Å². The van der Waals surface area contributed by atoms with E-state index in [9.17, 15) is 4.79 Å². The summed E-state index contributed by atoms with van der Waals surface area (Å²) in [7, 11) is 0. The molecule has 0 radical (unpaired) electrons. The maximum atomic E-state index is 12.9. The van der Waals surface area contributed by atoms with Crippen LogP contribution in [0.15, 0.2) is 66.9 Å². The summed E-state index contributed by atoms with van der Waals surface area (Å²) >= 11 is 0. The Balaban J connectivity index is 1.35. The number of nitrogens with one attached hydrogen (secondary N) is 1. The number of carbonyl (C=O) groups is 1. The minimum Gasteiger partial charge on any atom is -0.335 e. The van der Waals surface area contributed by atoms with E-state index >= 15 is 0 Å². The molecule has 0 unspecified atom stereocenters. The van der Waals surface area contributed by atoms with Crippen molar-refractivity contribution in [3.05, 3.63) is 83.7 Å². The minimum atomic E-state index is -0.0429. The Labute approximate surface area is 171 Å². The quantitative estimate of drug-likeness (QED) is 0.726. The van der Waals surface area contributed by atoms with E-state index in [0.29, 0.717) is 24.7 Å². The van der Waals surface area contributed by atoms with Gasteiger partial charge in [-0.15, -0.1) is 0 Å². The molecule has 6 nitrogen and oxygen atoms in total. The molecular weight excluding hydrogens is 362 g/mol. The number of hydrogen-bond acceptors (Lipinski definition) is 5. The van der Waals surface area contributed by atoms with Crippen molar-refractivity contribution in [2.45, 2.75) is 13.5 Å². The number of anilines is 2. The zero-order valence-corrected chi connectivity index (χ0v) is 16.6. The van der Waals surface area contributed by atoms with Crippen molar-refractivity contribution in [1.82, 2.24) is 19.8 Å². The topological polar surface area (TPSA) is 61.4 Å². The first-order valence-electron chi connectivity index (χ1n) is 9.90. The van der Waals surface area contributed by atoms with E-state index in [2.05, 4.69) is 44.5 Å². The van der Waals surface area contributed by atoms with Crippen LogP contribution in [0.25, 0.3) is 0 Å². The van der Waals surface area contributed by atoms with Crippen LogP contribution in [-0.4, -0.2) is 51.9 Å². The van der Waals surface area contributed by atoms with Crippen LogP contribution in [0.1, 0.15) is 21.6 Å². The first-order valence-corrected chi connectivity index (χ1v) is 9.90. The molecule has 0 bridgehead atoms. The Kier molecular flexibility index (Phi) is 5.81. The maximum absolute atomic E-state index is 12.9. The third-order valence-corrected chi connectivity index (χ3v) is 5.09. The van der Waals surface area contributed by atoms with Crippen LogP contribution in [0.3, 0.4) is 0 Å². The second-order valence-corrected chi connectivity index (χ2v) is 7.31. The molecule has 3 aromatic rings. The van der Waals surface area contributed by atoms with E-state index in [4.69, 9.17) is 0 Å². The van der Waals surface area contributed by atoms with Crippen LogP contribution in [0.2, 0.25) is 0 Å². The number of aromatic nitrogens is 2. The van der Waals surface area contributed by atoms with Crippen LogP contribution < -0.4 is 5.32 Å². The van der Waals surface area contributed by atoms with Gasteiger partial charge in [-0.2, -0.15) is 0 Å². The fraction of sp³-hybridized carbons (Fsp3) is 0.261. The number of hydrogen-bond donors (Lipinski definition) is 1. The number of nitrogens with zero attached hydrogens (tertiary/aromatic N) is 4. The zero-order chi connectivity index (χ0) is 20.1. The Bertz CT molecular complexity index is 951. The highest BCUT2D eigenvalue weighted by Gasteiger charge is 2.23. The highest BCUT2D eigenvalue weighted by molar-refractivity contribution is 5.92. The lowest BCUT2D eigenvalue weighted by molar-refractivity contribution is 0.0622. The molecule has 0 atom stereocenters. The SMILES string of the molecule is Cc1ccc(Nc2nccc(C(=O)N3CCN(Cc4ccccc4)CC3)n2)cc1. The molecule has 1 fully saturated rings. The summed E-state index contributed by atoms with van der Waals surface area (Å²) in [6.07, 6.45) is 1.63. The van der Waals surface area contributed by atoms with E-state index in [1.807, 2.05) is 42.2 Å². The van der Waals surface area contributed by atoms with Crippen LogP contribution in [0, 0.1) is 6.92 Å². The van der Waals surface area contributed by atoms with Crippen molar-refractivity contribution in [1.29, 1.82) is 0 Å². The van der Waals surface area contributed by atoms with Crippen molar-refractivity contribution in [2.75, 3.05) is 31.5 Å². The average Bonchev–Trinajstić information content (AvgIpc) is 2.76. The van der Waals surface area contributed by atoms with Crippen molar-refractivity contribution in [2.24, 2.45) is 0 Å². The third-order valence-electron chi connectivity index (χ3n) is 5.09. The summed E-state index contributed by atoms with van der Waals surface area (Å²) in [5.41, 5.74) is 3.81. The molecule has 1 aliphatic heterocycles. The van der Waals surface area contributed by atoms with Gasteiger partial charge in [-0.25, -0.2) is 9.97 Å². The molecule has 0 saturated carbocycles. The van der Waals surface area contributed by atoms with Crippen molar-refractivity contribution >= 4 is 17.5 Å². The van der Waals surface area contributed by atoms with Gasteiger partial charge in [0.1, 0.15) is 5.69 Å². The molecular formula is C23H25N5O. The molecule has 0 spiro atoms. The number of carbonyl (C=O) groups excluding carboxylic acids is 1. The van der Waals surface area contributed by atoms with Gasteiger partial charge in [0.2, 0.25) is 5.95 Å². The monoisotopic (exact) mass is 387 g/mol. The Morgan fingerprint density at radius 1 is 0.966 bits per heavy atom. The molecule has 1 N–H and O–H groups in total. The summed E-state index contributed by atoms with van der Waals surface area (Å²) in [4.78, 5) is 25.8. The predicted molar refractivity (Wildman–Crippen MR) is 114 cm³/mol. The zero-order valence-electron chi connectivity index (χ0n) is 16.6. The van der Waals surface area contributed by atoms with E-state index in [-0.39, 0.29) is 5.91 Å². The molecule has 1 amide bonds. The molecule has 4 rings (SSSR count). The lowest BCUT2D eigenvalue weighted by Crippen LogP contribution is -2.48. The van der Waals surface area contributed by atoms with Crippen LogP contribution in [-0.2, 0) is 6.54 Å². The molecule has 148 valence electrons. The van der Waals surface area contributed by atoms with Gasteiger partial charge in [-0.3, -0.25) is 9.69 Å². The smallest absolute Gasteiger partial charge is 0.272 e. The summed E-state index contributed by atoms with van der Waals surface area (Å²) in [5.74, 6) is 0.390. The van der Waals surface area contributed by atoms with Gasteiger partial charge in [0.05, 0.1) is 0 Å². The van der Waals surface area contributed by atoms with Gasteiger partial charge in [0, 0.05) is 44.6 Å². The van der Waals surface area contributed by atoms with E-state index in [0.717, 1.165) is 25.3 Å². The fourth-order valence-corrected chi connectivity index (χ4v) is 3.42. The second-order valence-electron chi connectivity index (χ2n) is 7.31. The molecule has 29 heavy (non-hydrogen) atoms. The number of amides is 1. The van der Waals surface area contributed by atoms with Crippen LogP contribution in [0.4, 0.5) is 11.6 Å². The number of rotatable bonds is 5. The summed E-state index contributed by atoms with van der Waals surface area (Å²) < 4.78 is 0. The van der Waals surface area contributed by atoms with Crippen LogP contribution >= 0.6 is 0 Å².